The summed E-state index contributed by atoms with van der Waals surface area (Å²) in [4.78, 5) is 41.1. The fourth-order valence-electron chi connectivity index (χ4n) is 1.94. The molecule has 0 saturated carbocycles. The molecule has 0 aliphatic heterocycles. The van der Waals surface area contributed by atoms with Gasteiger partial charge in [-0.3, -0.25) is 19.0 Å². The first-order valence-corrected chi connectivity index (χ1v) is 7.33. The summed E-state index contributed by atoms with van der Waals surface area (Å²) in [5, 5.41) is 10.9. The Morgan fingerprint density at radius 1 is 1.48 bits per heavy atom. The minimum absolute atomic E-state index is 0.115. The standard InChI is InChI=1S/C13H15N3O4S/c1-2-15(5-3-11(18)19)10(17)7-16-8-14-12-9(13(16)20)4-6-21-12/h4,6,8H,2-3,5,7H2,1H3,(H,18,19). The van der Waals surface area contributed by atoms with Crippen LogP contribution in [0.15, 0.2) is 22.6 Å². The minimum atomic E-state index is -0.959. The predicted octanol–water partition coefficient (Wildman–Crippen LogP) is 0.781. The molecule has 0 aliphatic carbocycles. The van der Waals surface area contributed by atoms with Gasteiger partial charge in [0.05, 0.1) is 18.1 Å². The summed E-state index contributed by atoms with van der Waals surface area (Å²) in [6.45, 7) is 2.16. The molecule has 0 aliphatic rings. The van der Waals surface area contributed by atoms with Crippen molar-refractivity contribution in [3.05, 3.63) is 28.1 Å². The van der Waals surface area contributed by atoms with Gasteiger partial charge >= 0.3 is 5.97 Å². The lowest BCUT2D eigenvalue weighted by atomic mass is 10.3. The van der Waals surface area contributed by atoms with E-state index in [-0.39, 0.29) is 31.0 Å². The van der Waals surface area contributed by atoms with Gasteiger partial charge in [0.25, 0.3) is 5.56 Å². The van der Waals surface area contributed by atoms with Crippen LogP contribution in [-0.4, -0.2) is 44.5 Å². The molecular formula is C13H15N3O4S. The van der Waals surface area contributed by atoms with E-state index in [0.29, 0.717) is 16.8 Å². The van der Waals surface area contributed by atoms with Crippen molar-refractivity contribution in [2.24, 2.45) is 0 Å². The van der Waals surface area contributed by atoms with E-state index in [1.54, 1.807) is 18.4 Å². The first-order valence-electron chi connectivity index (χ1n) is 6.45. The number of thiophene rings is 1. The quantitative estimate of drug-likeness (QED) is 0.851. The fourth-order valence-corrected chi connectivity index (χ4v) is 2.66. The highest BCUT2D eigenvalue weighted by Gasteiger charge is 2.15. The zero-order chi connectivity index (χ0) is 15.4. The monoisotopic (exact) mass is 309 g/mol. The number of aromatic nitrogens is 2. The second-order valence-corrected chi connectivity index (χ2v) is 5.33. The van der Waals surface area contributed by atoms with Gasteiger partial charge in [-0.05, 0) is 18.4 Å². The average molecular weight is 309 g/mol. The maximum atomic E-state index is 12.2. The van der Waals surface area contributed by atoms with E-state index in [1.165, 1.54) is 27.1 Å². The molecule has 112 valence electrons. The second kappa shape index (κ2) is 6.49. The van der Waals surface area contributed by atoms with Crippen molar-refractivity contribution in [1.82, 2.24) is 14.5 Å². The van der Waals surface area contributed by atoms with E-state index in [1.807, 2.05) is 0 Å². The lowest BCUT2D eigenvalue weighted by Crippen LogP contribution is -2.37. The molecule has 0 aromatic carbocycles. The average Bonchev–Trinajstić information content (AvgIpc) is 2.91. The van der Waals surface area contributed by atoms with Crippen LogP contribution in [0.25, 0.3) is 10.2 Å². The number of carboxylic acid groups (broad SMARTS) is 1. The molecule has 0 fully saturated rings. The van der Waals surface area contributed by atoms with Crippen LogP contribution in [-0.2, 0) is 16.1 Å². The van der Waals surface area contributed by atoms with Gasteiger partial charge in [0.1, 0.15) is 11.4 Å². The van der Waals surface area contributed by atoms with Crippen LogP contribution in [0.2, 0.25) is 0 Å². The Morgan fingerprint density at radius 2 is 2.24 bits per heavy atom. The van der Waals surface area contributed by atoms with Gasteiger partial charge in [-0.25, -0.2) is 4.98 Å². The number of likely N-dealkylation sites (N-methyl/N-ethyl adjacent to an activating group) is 1. The van der Waals surface area contributed by atoms with Gasteiger partial charge in [-0.15, -0.1) is 11.3 Å². The molecule has 0 atom stereocenters. The van der Waals surface area contributed by atoms with Gasteiger partial charge < -0.3 is 10.0 Å². The molecule has 1 N–H and O–H groups in total. The third kappa shape index (κ3) is 3.46. The Hall–Kier alpha value is -2.22. The molecule has 8 heteroatoms. The second-order valence-electron chi connectivity index (χ2n) is 4.43. The minimum Gasteiger partial charge on any atom is -0.481 e. The number of aliphatic carboxylic acids is 1. The molecule has 2 aromatic heterocycles. The zero-order valence-electron chi connectivity index (χ0n) is 11.5. The van der Waals surface area contributed by atoms with E-state index in [9.17, 15) is 14.4 Å². The van der Waals surface area contributed by atoms with Crippen molar-refractivity contribution < 1.29 is 14.7 Å². The molecule has 0 spiro atoms. The van der Waals surface area contributed by atoms with Crippen molar-refractivity contribution >= 4 is 33.4 Å². The Balaban J connectivity index is 2.14. The normalized spacial score (nSPS) is 10.7. The van der Waals surface area contributed by atoms with E-state index < -0.39 is 5.97 Å². The fraction of sp³-hybridized carbons (Fsp3) is 0.385. The highest BCUT2D eigenvalue weighted by Crippen LogP contribution is 2.13. The highest BCUT2D eigenvalue weighted by atomic mass is 32.1. The summed E-state index contributed by atoms with van der Waals surface area (Å²) < 4.78 is 1.25. The molecule has 0 radical (unpaired) electrons. The number of rotatable bonds is 6. The molecule has 21 heavy (non-hydrogen) atoms. The number of hydrogen-bond donors (Lipinski definition) is 1. The Morgan fingerprint density at radius 3 is 2.90 bits per heavy atom. The number of carboxylic acids is 1. The van der Waals surface area contributed by atoms with Gasteiger partial charge in [0.15, 0.2) is 0 Å². The number of carbonyl (C=O) groups is 2. The number of amides is 1. The van der Waals surface area contributed by atoms with E-state index in [2.05, 4.69) is 4.98 Å². The smallest absolute Gasteiger partial charge is 0.305 e. The third-order valence-electron chi connectivity index (χ3n) is 3.09. The van der Waals surface area contributed by atoms with E-state index in [4.69, 9.17) is 5.11 Å². The maximum Gasteiger partial charge on any atom is 0.305 e. The van der Waals surface area contributed by atoms with E-state index >= 15 is 0 Å². The summed E-state index contributed by atoms with van der Waals surface area (Å²) >= 11 is 1.37. The lowest BCUT2D eigenvalue weighted by molar-refractivity contribution is -0.138. The lowest BCUT2D eigenvalue weighted by Gasteiger charge is -2.20. The molecule has 0 unspecified atom stereocenters. The van der Waals surface area contributed by atoms with Crippen LogP contribution in [0.5, 0.6) is 0 Å². The first-order chi connectivity index (χ1) is 10.0. The molecule has 2 aromatic rings. The molecule has 0 bridgehead atoms. The van der Waals surface area contributed by atoms with Crippen LogP contribution in [0, 0.1) is 0 Å². The molecule has 2 rings (SSSR count). The van der Waals surface area contributed by atoms with Gasteiger partial charge in [-0.2, -0.15) is 0 Å². The Kier molecular flexibility index (Phi) is 4.69. The van der Waals surface area contributed by atoms with Crippen LogP contribution < -0.4 is 5.56 Å². The Bertz CT molecular complexity index is 722. The molecule has 2 heterocycles. The summed E-state index contributed by atoms with van der Waals surface area (Å²) in [5.41, 5.74) is -0.260. The van der Waals surface area contributed by atoms with Gasteiger partial charge in [0.2, 0.25) is 5.91 Å². The summed E-state index contributed by atoms with van der Waals surface area (Å²) in [6.07, 6.45) is 1.24. The molecular weight excluding hydrogens is 294 g/mol. The first kappa shape index (κ1) is 15.2. The van der Waals surface area contributed by atoms with Crippen molar-refractivity contribution in [3.8, 4) is 0 Å². The number of nitrogens with zero attached hydrogens (tertiary/aromatic N) is 3. The summed E-state index contributed by atoms with van der Waals surface area (Å²) in [6, 6.07) is 1.68. The molecule has 0 saturated heterocycles. The van der Waals surface area contributed by atoms with Crippen LogP contribution in [0.4, 0.5) is 0 Å². The van der Waals surface area contributed by atoms with Crippen molar-refractivity contribution in [3.63, 3.8) is 0 Å². The topological polar surface area (TPSA) is 92.5 Å². The van der Waals surface area contributed by atoms with Gasteiger partial charge in [-0.1, -0.05) is 0 Å². The predicted molar refractivity (Wildman–Crippen MR) is 78.4 cm³/mol. The SMILES string of the molecule is CCN(CCC(=O)O)C(=O)Cn1cnc2sccc2c1=O. The Labute approximate surface area is 124 Å². The van der Waals surface area contributed by atoms with Crippen LogP contribution in [0.1, 0.15) is 13.3 Å². The van der Waals surface area contributed by atoms with Gasteiger partial charge in [0, 0.05) is 13.1 Å². The zero-order valence-corrected chi connectivity index (χ0v) is 12.3. The largest absolute Gasteiger partial charge is 0.481 e. The van der Waals surface area contributed by atoms with Crippen molar-refractivity contribution in [2.45, 2.75) is 19.9 Å². The number of carbonyl (C=O) groups excluding carboxylic acids is 1. The summed E-state index contributed by atoms with van der Waals surface area (Å²) in [7, 11) is 0. The highest BCUT2D eigenvalue weighted by molar-refractivity contribution is 7.16. The number of hydrogen-bond acceptors (Lipinski definition) is 5. The molecule has 7 nitrogen and oxygen atoms in total. The maximum absolute atomic E-state index is 12.2. The van der Waals surface area contributed by atoms with Crippen molar-refractivity contribution in [1.29, 1.82) is 0 Å². The molecule has 1 amide bonds. The number of fused-ring (bicyclic) bond motifs is 1. The third-order valence-corrected chi connectivity index (χ3v) is 3.91. The van der Waals surface area contributed by atoms with Crippen LogP contribution in [0.3, 0.4) is 0 Å². The summed E-state index contributed by atoms with van der Waals surface area (Å²) in [5.74, 6) is -1.25. The van der Waals surface area contributed by atoms with E-state index in [0.717, 1.165) is 0 Å². The van der Waals surface area contributed by atoms with Crippen LogP contribution >= 0.6 is 11.3 Å². The van der Waals surface area contributed by atoms with Crippen molar-refractivity contribution in [2.75, 3.05) is 13.1 Å².